The molecule has 0 aliphatic rings. The van der Waals surface area contributed by atoms with Crippen molar-refractivity contribution in [2.24, 2.45) is 0 Å². The van der Waals surface area contributed by atoms with Gasteiger partial charge in [-0.25, -0.2) is 9.37 Å². The molecule has 0 bridgehead atoms. The number of para-hydroxylation sites is 1. The summed E-state index contributed by atoms with van der Waals surface area (Å²) in [6, 6.07) is 15.4. The van der Waals surface area contributed by atoms with Crippen LogP contribution in [0.5, 0.6) is 5.75 Å². The number of benzene rings is 2. The van der Waals surface area contributed by atoms with Gasteiger partial charge in [0.05, 0.1) is 5.56 Å². The van der Waals surface area contributed by atoms with Crippen LogP contribution in [0.3, 0.4) is 0 Å². The van der Waals surface area contributed by atoms with Gasteiger partial charge in [0.25, 0.3) is 5.56 Å². The molecule has 1 aromatic heterocycles. The molecule has 122 valence electrons. The SMILES string of the molecule is Cc1cc(=O)n(CCc2ccccc2)c(-c2cccc(F)c2O)n1. The molecule has 0 unspecified atom stereocenters. The fourth-order valence-corrected chi connectivity index (χ4v) is 2.62. The van der Waals surface area contributed by atoms with Crippen molar-refractivity contribution in [2.45, 2.75) is 19.9 Å². The Kier molecular flexibility index (Phi) is 4.42. The lowest BCUT2D eigenvalue weighted by Crippen LogP contribution is -2.24. The Balaban J connectivity index is 2.06. The maximum Gasteiger partial charge on any atom is 0.253 e. The summed E-state index contributed by atoms with van der Waals surface area (Å²) in [7, 11) is 0. The molecule has 0 saturated heterocycles. The molecule has 0 saturated carbocycles. The summed E-state index contributed by atoms with van der Waals surface area (Å²) in [5.41, 5.74) is 1.59. The lowest BCUT2D eigenvalue weighted by molar-refractivity contribution is 0.433. The van der Waals surface area contributed by atoms with E-state index in [1.165, 1.54) is 22.8 Å². The van der Waals surface area contributed by atoms with E-state index in [-0.39, 0.29) is 16.9 Å². The molecule has 24 heavy (non-hydrogen) atoms. The minimum Gasteiger partial charge on any atom is -0.504 e. The Labute approximate surface area is 138 Å². The molecular formula is C19H17FN2O2. The maximum atomic E-state index is 13.7. The van der Waals surface area contributed by atoms with E-state index in [2.05, 4.69) is 4.98 Å². The molecule has 0 radical (unpaired) electrons. The summed E-state index contributed by atoms with van der Waals surface area (Å²) in [6.45, 7) is 2.09. The Morgan fingerprint density at radius 3 is 2.62 bits per heavy atom. The monoisotopic (exact) mass is 324 g/mol. The van der Waals surface area contributed by atoms with Crippen molar-refractivity contribution in [3.63, 3.8) is 0 Å². The number of phenols is 1. The molecule has 0 aliphatic carbocycles. The van der Waals surface area contributed by atoms with Crippen molar-refractivity contribution in [1.29, 1.82) is 0 Å². The highest BCUT2D eigenvalue weighted by Gasteiger charge is 2.15. The van der Waals surface area contributed by atoms with Crippen LogP contribution in [-0.2, 0) is 13.0 Å². The second-order valence-corrected chi connectivity index (χ2v) is 5.58. The van der Waals surface area contributed by atoms with Crippen LogP contribution in [-0.4, -0.2) is 14.7 Å². The van der Waals surface area contributed by atoms with Crippen molar-refractivity contribution in [1.82, 2.24) is 9.55 Å². The van der Waals surface area contributed by atoms with E-state index in [1.54, 1.807) is 13.0 Å². The number of hydrogen-bond donors (Lipinski definition) is 1. The molecule has 1 heterocycles. The average molecular weight is 324 g/mol. The minimum atomic E-state index is -0.738. The van der Waals surface area contributed by atoms with Crippen molar-refractivity contribution in [2.75, 3.05) is 0 Å². The number of aryl methyl sites for hydroxylation is 2. The van der Waals surface area contributed by atoms with Crippen molar-refractivity contribution < 1.29 is 9.50 Å². The van der Waals surface area contributed by atoms with Gasteiger partial charge in [0.1, 0.15) is 5.82 Å². The minimum absolute atomic E-state index is 0.212. The summed E-state index contributed by atoms with van der Waals surface area (Å²) in [5, 5.41) is 10.0. The van der Waals surface area contributed by atoms with Crippen molar-refractivity contribution in [3.05, 3.63) is 82.0 Å². The molecular weight excluding hydrogens is 307 g/mol. The summed E-state index contributed by atoms with van der Waals surface area (Å²) in [5.74, 6) is -0.964. The molecule has 0 amide bonds. The summed E-state index contributed by atoms with van der Waals surface area (Å²) >= 11 is 0. The zero-order valence-electron chi connectivity index (χ0n) is 13.2. The van der Waals surface area contributed by atoms with Gasteiger partial charge in [-0.05, 0) is 31.0 Å². The predicted octanol–water partition coefficient (Wildman–Crippen LogP) is 3.31. The third-order valence-corrected chi connectivity index (χ3v) is 3.83. The first-order chi connectivity index (χ1) is 11.6. The smallest absolute Gasteiger partial charge is 0.253 e. The Morgan fingerprint density at radius 1 is 1.12 bits per heavy atom. The largest absolute Gasteiger partial charge is 0.504 e. The van der Waals surface area contributed by atoms with Crippen LogP contribution in [0, 0.1) is 12.7 Å². The first-order valence-corrected chi connectivity index (χ1v) is 7.66. The lowest BCUT2D eigenvalue weighted by Gasteiger charge is -2.14. The van der Waals surface area contributed by atoms with Gasteiger partial charge in [-0.2, -0.15) is 0 Å². The number of phenolic OH excluding ortho intramolecular Hbond substituents is 1. The van der Waals surface area contributed by atoms with Crippen LogP contribution in [0.1, 0.15) is 11.3 Å². The zero-order chi connectivity index (χ0) is 17.1. The highest BCUT2D eigenvalue weighted by atomic mass is 19.1. The zero-order valence-corrected chi connectivity index (χ0v) is 13.2. The van der Waals surface area contributed by atoms with Gasteiger partial charge in [0.2, 0.25) is 0 Å². The fourth-order valence-electron chi connectivity index (χ4n) is 2.62. The van der Waals surface area contributed by atoms with E-state index in [0.29, 0.717) is 18.7 Å². The third-order valence-electron chi connectivity index (χ3n) is 3.83. The van der Waals surface area contributed by atoms with Crippen LogP contribution in [0.2, 0.25) is 0 Å². The van der Waals surface area contributed by atoms with E-state index in [9.17, 15) is 14.3 Å². The summed E-state index contributed by atoms with van der Waals surface area (Å²) in [6.07, 6.45) is 0.633. The number of rotatable bonds is 4. The second-order valence-electron chi connectivity index (χ2n) is 5.58. The van der Waals surface area contributed by atoms with Gasteiger partial charge in [-0.1, -0.05) is 36.4 Å². The molecule has 0 aliphatic heterocycles. The highest BCUT2D eigenvalue weighted by Crippen LogP contribution is 2.29. The van der Waals surface area contributed by atoms with E-state index in [4.69, 9.17) is 0 Å². The topological polar surface area (TPSA) is 55.1 Å². The molecule has 0 spiro atoms. The van der Waals surface area contributed by atoms with E-state index in [0.717, 1.165) is 5.56 Å². The van der Waals surface area contributed by atoms with Gasteiger partial charge in [-0.3, -0.25) is 9.36 Å². The van der Waals surface area contributed by atoms with Crippen LogP contribution in [0.15, 0.2) is 59.4 Å². The molecule has 2 aromatic carbocycles. The first kappa shape index (κ1) is 15.9. The Hall–Kier alpha value is -2.95. The van der Waals surface area contributed by atoms with Crippen LogP contribution in [0.25, 0.3) is 11.4 Å². The highest BCUT2D eigenvalue weighted by molar-refractivity contribution is 5.64. The van der Waals surface area contributed by atoms with Crippen molar-refractivity contribution in [3.8, 4) is 17.1 Å². The predicted molar refractivity (Wildman–Crippen MR) is 90.4 cm³/mol. The van der Waals surface area contributed by atoms with Gasteiger partial charge in [0.15, 0.2) is 11.6 Å². The van der Waals surface area contributed by atoms with Gasteiger partial charge in [-0.15, -0.1) is 0 Å². The maximum absolute atomic E-state index is 13.7. The number of aromatic hydroxyl groups is 1. The molecule has 3 rings (SSSR count). The summed E-state index contributed by atoms with van der Waals surface area (Å²) < 4.78 is 15.2. The normalized spacial score (nSPS) is 10.8. The number of halogens is 1. The van der Waals surface area contributed by atoms with E-state index < -0.39 is 11.6 Å². The molecule has 3 aromatic rings. The fraction of sp³-hybridized carbons (Fsp3) is 0.158. The number of aromatic nitrogens is 2. The number of nitrogens with zero attached hydrogens (tertiary/aromatic N) is 2. The Morgan fingerprint density at radius 2 is 1.88 bits per heavy atom. The Bertz CT molecular complexity index is 920. The first-order valence-electron chi connectivity index (χ1n) is 7.66. The summed E-state index contributed by atoms with van der Waals surface area (Å²) in [4.78, 5) is 16.8. The average Bonchev–Trinajstić information content (AvgIpc) is 2.57. The quantitative estimate of drug-likeness (QED) is 0.801. The van der Waals surface area contributed by atoms with E-state index in [1.807, 2.05) is 30.3 Å². The lowest BCUT2D eigenvalue weighted by atomic mass is 10.1. The third kappa shape index (κ3) is 3.20. The molecule has 0 fully saturated rings. The molecule has 1 N–H and O–H groups in total. The van der Waals surface area contributed by atoms with E-state index >= 15 is 0 Å². The van der Waals surface area contributed by atoms with Gasteiger partial charge >= 0.3 is 0 Å². The second kappa shape index (κ2) is 6.66. The van der Waals surface area contributed by atoms with Crippen LogP contribution >= 0.6 is 0 Å². The van der Waals surface area contributed by atoms with Gasteiger partial charge in [0, 0.05) is 18.3 Å². The van der Waals surface area contributed by atoms with Crippen LogP contribution < -0.4 is 5.56 Å². The van der Waals surface area contributed by atoms with Crippen molar-refractivity contribution >= 4 is 0 Å². The van der Waals surface area contributed by atoms with Gasteiger partial charge < -0.3 is 5.11 Å². The number of hydrogen-bond acceptors (Lipinski definition) is 3. The molecule has 5 heteroatoms. The standard InChI is InChI=1S/C19H17FN2O2/c1-13-12-17(23)22(11-10-14-6-3-2-4-7-14)19(21-13)15-8-5-9-16(20)18(15)24/h2-9,12,24H,10-11H2,1H3. The molecule has 0 atom stereocenters. The molecule has 4 nitrogen and oxygen atoms in total. The van der Waals surface area contributed by atoms with Crippen LogP contribution in [0.4, 0.5) is 4.39 Å².